The Morgan fingerprint density at radius 1 is 1.35 bits per heavy atom. The third kappa shape index (κ3) is 3.61. The maximum absolute atomic E-state index is 12.1. The van der Waals surface area contributed by atoms with Crippen molar-refractivity contribution >= 4 is 15.9 Å². The summed E-state index contributed by atoms with van der Waals surface area (Å²) in [7, 11) is -3.21. The molecule has 1 heterocycles. The predicted molar refractivity (Wildman–Crippen MR) is 77.4 cm³/mol. The van der Waals surface area contributed by atoms with Crippen LogP contribution < -0.4 is 10.0 Å². The summed E-state index contributed by atoms with van der Waals surface area (Å²) < 4.78 is 26.4. The third-order valence-corrected chi connectivity index (χ3v) is 4.14. The molecule has 7 heteroatoms. The molecule has 1 saturated carbocycles. The molecule has 0 saturated heterocycles. The summed E-state index contributed by atoms with van der Waals surface area (Å²) in [6.45, 7) is 4.44. The van der Waals surface area contributed by atoms with Gasteiger partial charge >= 0.3 is 0 Å². The van der Waals surface area contributed by atoms with Gasteiger partial charge in [-0.15, -0.1) is 0 Å². The maximum atomic E-state index is 12.1. The van der Waals surface area contributed by atoms with Crippen LogP contribution in [0, 0.1) is 13.8 Å². The highest BCUT2D eigenvalue weighted by Crippen LogP contribution is 2.38. The molecule has 2 N–H and O–H groups in total. The molecule has 0 spiro atoms. The Morgan fingerprint density at radius 3 is 2.55 bits per heavy atom. The molecule has 0 aromatic carbocycles. The van der Waals surface area contributed by atoms with Crippen molar-refractivity contribution in [2.24, 2.45) is 0 Å². The molecule has 112 valence electrons. The first kappa shape index (κ1) is 15.1. The fourth-order valence-corrected chi connectivity index (χ4v) is 2.88. The van der Waals surface area contributed by atoms with Gasteiger partial charge in [0.05, 0.1) is 11.8 Å². The van der Waals surface area contributed by atoms with E-state index in [1.807, 2.05) is 19.9 Å². The van der Waals surface area contributed by atoms with Crippen molar-refractivity contribution in [2.45, 2.75) is 32.7 Å². The van der Waals surface area contributed by atoms with E-state index in [1.165, 1.54) is 12.8 Å². The average Bonchev–Trinajstić information content (AvgIpc) is 3.10. The molecule has 1 aromatic rings. The quantitative estimate of drug-likeness (QED) is 0.760. The molecule has 0 atom stereocenters. The van der Waals surface area contributed by atoms with E-state index in [2.05, 4.69) is 14.6 Å². The highest BCUT2D eigenvalue weighted by Gasteiger charge is 2.28. The van der Waals surface area contributed by atoms with Crippen LogP contribution in [0.2, 0.25) is 0 Å². The smallest absolute Gasteiger partial charge is 0.253 e. The fourth-order valence-electron chi connectivity index (χ4n) is 2.41. The van der Waals surface area contributed by atoms with Crippen molar-refractivity contribution in [3.05, 3.63) is 23.0 Å². The summed E-state index contributed by atoms with van der Waals surface area (Å²) in [6, 6.07) is 2.44. The normalized spacial score (nSPS) is 15.3. The summed E-state index contributed by atoms with van der Waals surface area (Å²) in [4.78, 5) is 12.1. The maximum Gasteiger partial charge on any atom is 0.253 e. The lowest BCUT2D eigenvalue weighted by molar-refractivity contribution is 0.0953. The number of hydrogen-bond acceptors (Lipinski definition) is 3. The van der Waals surface area contributed by atoms with Crippen molar-refractivity contribution in [1.29, 1.82) is 0 Å². The van der Waals surface area contributed by atoms with E-state index in [0.717, 1.165) is 17.6 Å². The number of amides is 1. The number of rotatable bonds is 6. The van der Waals surface area contributed by atoms with Gasteiger partial charge in [0.15, 0.2) is 0 Å². The molecule has 2 rings (SSSR count). The zero-order valence-corrected chi connectivity index (χ0v) is 12.9. The van der Waals surface area contributed by atoms with E-state index >= 15 is 0 Å². The second-order valence-electron chi connectivity index (χ2n) is 5.31. The van der Waals surface area contributed by atoms with Crippen LogP contribution in [-0.2, 0) is 10.0 Å². The minimum absolute atomic E-state index is 0.152. The molecule has 1 amide bonds. The lowest BCUT2D eigenvalue weighted by Gasteiger charge is -2.08. The van der Waals surface area contributed by atoms with Crippen LogP contribution in [0.1, 0.15) is 40.6 Å². The monoisotopic (exact) mass is 299 g/mol. The van der Waals surface area contributed by atoms with Gasteiger partial charge in [0.25, 0.3) is 5.91 Å². The minimum atomic E-state index is -3.21. The van der Waals surface area contributed by atoms with Gasteiger partial charge in [-0.05, 0) is 32.8 Å². The van der Waals surface area contributed by atoms with Crippen LogP contribution in [0.3, 0.4) is 0 Å². The van der Waals surface area contributed by atoms with Crippen molar-refractivity contribution in [3.8, 4) is 0 Å². The number of aryl methyl sites for hydroxylation is 1. The van der Waals surface area contributed by atoms with Gasteiger partial charge in [-0.1, -0.05) is 0 Å². The molecule has 1 aliphatic carbocycles. The van der Waals surface area contributed by atoms with E-state index < -0.39 is 10.0 Å². The number of aromatic nitrogens is 1. The molecular formula is C13H21N3O3S. The molecule has 0 radical (unpaired) electrons. The number of nitrogens with one attached hydrogen (secondary N) is 2. The number of hydrogen-bond donors (Lipinski definition) is 2. The van der Waals surface area contributed by atoms with Gasteiger partial charge in [0.1, 0.15) is 0 Å². The highest BCUT2D eigenvalue weighted by atomic mass is 32.2. The van der Waals surface area contributed by atoms with Crippen LogP contribution in [0.4, 0.5) is 0 Å². The molecule has 1 aliphatic rings. The first-order valence-electron chi connectivity index (χ1n) is 6.71. The zero-order chi connectivity index (χ0) is 14.9. The Morgan fingerprint density at radius 2 is 2.00 bits per heavy atom. The third-order valence-electron chi connectivity index (χ3n) is 3.42. The SMILES string of the molecule is Cc1cc(C(=O)NCCNS(C)(=O)=O)c(C)n1C1CC1. The van der Waals surface area contributed by atoms with Crippen molar-refractivity contribution in [3.63, 3.8) is 0 Å². The largest absolute Gasteiger partial charge is 0.351 e. The van der Waals surface area contributed by atoms with Crippen molar-refractivity contribution < 1.29 is 13.2 Å². The van der Waals surface area contributed by atoms with Crippen LogP contribution in [0.5, 0.6) is 0 Å². The second kappa shape index (κ2) is 5.57. The molecule has 0 unspecified atom stereocenters. The van der Waals surface area contributed by atoms with Gasteiger partial charge in [0, 0.05) is 30.5 Å². The summed E-state index contributed by atoms with van der Waals surface area (Å²) in [5.74, 6) is -0.152. The lowest BCUT2D eigenvalue weighted by atomic mass is 10.2. The Balaban J connectivity index is 1.94. The van der Waals surface area contributed by atoms with Crippen LogP contribution in [0.15, 0.2) is 6.07 Å². The zero-order valence-electron chi connectivity index (χ0n) is 12.1. The van der Waals surface area contributed by atoms with Crippen LogP contribution >= 0.6 is 0 Å². The molecule has 0 bridgehead atoms. The van der Waals surface area contributed by atoms with Gasteiger partial charge in [-0.3, -0.25) is 4.79 Å². The summed E-state index contributed by atoms with van der Waals surface area (Å²) in [6.07, 6.45) is 3.45. The van der Waals surface area contributed by atoms with Gasteiger partial charge < -0.3 is 9.88 Å². The van der Waals surface area contributed by atoms with Crippen molar-refractivity contribution in [2.75, 3.05) is 19.3 Å². The second-order valence-corrected chi connectivity index (χ2v) is 7.14. The summed E-state index contributed by atoms with van der Waals surface area (Å²) >= 11 is 0. The first-order valence-corrected chi connectivity index (χ1v) is 8.60. The number of nitrogens with zero attached hydrogens (tertiary/aromatic N) is 1. The van der Waals surface area contributed by atoms with E-state index in [0.29, 0.717) is 11.6 Å². The fraction of sp³-hybridized carbons (Fsp3) is 0.615. The minimum Gasteiger partial charge on any atom is -0.351 e. The Bertz CT molecular complexity index is 615. The molecule has 6 nitrogen and oxygen atoms in total. The first-order chi connectivity index (χ1) is 9.29. The van der Waals surface area contributed by atoms with E-state index in [-0.39, 0.29) is 19.0 Å². The van der Waals surface area contributed by atoms with Crippen LogP contribution in [0.25, 0.3) is 0 Å². The summed E-state index contributed by atoms with van der Waals surface area (Å²) in [5.41, 5.74) is 2.76. The predicted octanol–water partition coefficient (Wildman–Crippen LogP) is 0.719. The lowest BCUT2D eigenvalue weighted by Crippen LogP contribution is -2.34. The Hall–Kier alpha value is -1.34. The Labute approximate surface area is 119 Å². The Kier molecular flexibility index (Phi) is 4.19. The summed E-state index contributed by atoms with van der Waals surface area (Å²) in [5, 5.41) is 2.73. The molecular weight excluding hydrogens is 278 g/mol. The van der Waals surface area contributed by atoms with Crippen LogP contribution in [-0.4, -0.2) is 38.2 Å². The van der Waals surface area contributed by atoms with Gasteiger partial charge in [0.2, 0.25) is 10.0 Å². The number of carbonyl (C=O) groups is 1. The van der Waals surface area contributed by atoms with Gasteiger partial charge in [-0.2, -0.15) is 0 Å². The van der Waals surface area contributed by atoms with E-state index in [9.17, 15) is 13.2 Å². The molecule has 0 aliphatic heterocycles. The van der Waals surface area contributed by atoms with E-state index in [4.69, 9.17) is 0 Å². The number of sulfonamides is 1. The molecule has 1 fully saturated rings. The van der Waals surface area contributed by atoms with Crippen molar-refractivity contribution in [1.82, 2.24) is 14.6 Å². The highest BCUT2D eigenvalue weighted by molar-refractivity contribution is 7.88. The van der Waals surface area contributed by atoms with Gasteiger partial charge in [-0.25, -0.2) is 13.1 Å². The average molecular weight is 299 g/mol. The standard InChI is InChI=1S/C13H21N3O3S/c1-9-8-12(10(2)16(9)11-4-5-11)13(17)14-6-7-15-20(3,18)19/h8,11,15H,4-7H2,1-3H3,(H,14,17). The topological polar surface area (TPSA) is 80.2 Å². The molecule has 20 heavy (non-hydrogen) atoms. The van der Waals surface area contributed by atoms with E-state index in [1.54, 1.807) is 0 Å². The molecule has 1 aromatic heterocycles. The number of carbonyl (C=O) groups excluding carboxylic acids is 1.